The van der Waals surface area contributed by atoms with E-state index in [0.717, 1.165) is 18.7 Å². The number of hydrogen-bond acceptors (Lipinski definition) is 2. The van der Waals surface area contributed by atoms with Crippen LogP contribution < -0.4 is 10.6 Å². The maximum atomic E-state index is 10.6. The molecule has 1 amide bonds. The first-order valence-corrected chi connectivity index (χ1v) is 5.50. The summed E-state index contributed by atoms with van der Waals surface area (Å²) in [7, 11) is 0. The molecule has 0 atom stereocenters. The Morgan fingerprint density at radius 2 is 1.81 bits per heavy atom. The number of benzene rings is 1. The fourth-order valence-corrected chi connectivity index (χ4v) is 1.56. The van der Waals surface area contributed by atoms with Gasteiger partial charge in [0.1, 0.15) is 0 Å². The first-order chi connectivity index (χ1) is 7.67. The summed E-state index contributed by atoms with van der Waals surface area (Å²) in [5, 5.41) is 0. The number of nitrogens with zero attached hydrogens (tertiary/aromatic N) is 1. The zero-order valence-corrected chi connectivity index (χ0v) is 9.81. The van der Waals surface area contributed by atoms with Crippen LogP contribution in [0.1, 0.15) is 19.4 Å². The second-order valence-corrected chi connectivity index (χ2v) is 3.50. The van der Waals surface area contributed by atoms with E-state index in [1.807, 2.05) is 24.3 Å². The van der Waals surface area contributed by atoms with Crippen LogP contribution in [0.5, 0.6) is 0 Å². The highest BCUT2D eigenvalue weighted by Gasteiger charge is 1.99. The Morgan fingerprint density at radius 1 is 1.25 bits per heavy atom. The average molecular weight is 218 g/mol. The van der Waals surface area contributed by atoms with Crippen LogP contribution in [0.2, 0.25) is 0 Å². The third kappa shape index (κ3) is 3.42. The minimum absolute atomic E-state index is 0.423. The molecule has 0 unspecified atom stereocenters. The number of rotatable bonds is 5. The summed E-state index contributed by atoms with van der Waals surface area (Å²) in [5.41, 5.74) is 7.20. The largest absolute Gasteiger partial charge is 0.372 e. The summed E-state index contributed by atoms with van der Waals surface area (Å²) in [6, 6.07) is 8.06. The van der Waals surface area contributed by atoms with Gasteiger partial charge in [0.2, 0.25) is 5.91 Å². The molecule has 0 aliphatic rings. The van der Waals surface area contributed by atoms with Crippen molar-refractivity contribution >= 4 is 17.7 Å². The summed E-state index contributed by atoms with van der Waals surface area (Å²) < 4.78 is 0. The highest BCUT2D eigenvalue weighted by molar-refractivity contribution is 5.90. The van der Waals surface area contributed by atoms with Gasteiger partial charge in [-0.15, -0.1) is 0 Å². The molecule has 0 fully saturated rings. The number of hydrogen-bond donors (Lipinski definition) is 1. The molecular weight excluding hydrogens is 200 g/mol. The number of primary amides is 1. The Kier molecular flexibility index (Phi) is 4.58. The fraction of sp³-hybridized carbons (Fsp3) is 0.308. The van der Waals surface area contributed by atoms with Gasteiger partial charge in [-0.3, -0.25) is 4.79 Å². The molecule has 3 nitrogen and oxygen atoms in total. The van der Waals surface area contributed by atoms with Crippen LogP contribution in [0, 0.1) is 0 Å². The topological polar surface area (TPSA) is 46.3 Å². The average Bonchev–Trinajstić information content (AvgIpc) is 2.29. The van der Waals surface area contributed by atoms with Crippen molar-refractivity contribution in [1.82, 2.24) is 0 Å². The lowest BCUT2D eigenvalue weighted by molar-refractivity contribution is -0.113. The van der Waals surface area contributed by atoms with Crippen LogP contribution in [0.4, 0.5) is 5.69 Å². The van der Waals surface area contributed by atoms with Crippen molar-refractivity contribution in [3.63, 3.8) is 0 Å². The first kappa shape index (κ1) is 12.3. The van der Waals surface area contributed by atoms with Gasteiger partial charge in [-0.25, -0.2) is 0 Å². The van der Waals surface area contributed by atoms with Crippen LogP contribution in [0.15, 0.2) is 30.3 Å². The van der Waals surface area contributed by atoms with E-state index in [2.05, 4.69) is 18.7 Å². The molecule has 0 heterocycles. The first-order valence-electron chi connectivity index (χ1n) is 5.50. The van der Waals surface area contributed by atoms with E-state index in [1.165, 1.54) is 11.8 Å². The minimum atomic E-state index is -0.423. The molecule has 1 aromatic carbocycles. The molecule has 0 saturated carbocycles. The fourth-order valence-electron chi connectivity index (χ4n) is 1.56. The second-order valence-electron chi connectivity index (χ2n) is 3.50. The lowest BCUT2D eigenvalue weighted by Gasteiger charge is -2.20. The maximum Gasteiger partial charge on any atom is 0.241 e. The molecule has 1 aromatic rings. The number of amides is 1. The van der Waals surface area contributed by atoms with E-state index < -0.39 is 5.91 Å². The molecule has 3 heteroatoms. The third-order valence-corrected chi connectivity index (χ3v) is 2.46. The third-order valence-electron chi connectivity index (χ3n) is 2.46. The van der Waals surface area contributed by atoms with E-state index in [-0.39, 0.29) is 0 Å². The lowest BCUT2D eigenvalue weighted by Crippen LogP contribution is -2.21. The van der Waals surface area contributed by atoms with Crippen molar-refractivity contribution in [3.8, 4) is 0 Å². The number of carbonyl (C=O) groups excluding carboxylic acids is 1. The van der Waals surface area contributed by atoms with E-state index in [4.69, 9.17) is 5.73 Å². The van der Waals surface area contributed by atoms with Crippen molar-refractivity contribution in [3.05, 3.63) is 35.9 Å². The van der Waals surface area contributed by atoms with Gasteiger partial charge < -0.3 is 10.6 Å². The van der Waals surface area contributed by atoms with Crippen molar-refractivity contribution in [2.45, 2.75) is 13.8 Å². The van der Waals surface area contributed by atoms with E-state index >= 15 is 0 Å². The molecule has 0 aliphatic heterocycles. The summed E-state index contributed by atoms with van der Waals surface area (Å²) in [5.74, 6) is -0.423. The van der Waals surface area contributed by atoms with Crippen molar-refractivity contribution in [1.29, 1.82) is 0 Å². The molecule has 0 aromatic heterocycles. The van der Waals surface area contributed by atoms with Gasteiger partial charge in [-0.05, 0) is 37.6 Å². The molecule has 0 spiro atoms. The van der Waals surface area contributed by atoms with E-state index in [1.54, 1.807) is 6.08 Å². The Hall–Kier alpha value is -1.77. The second kappa shape index (κ2) is 5.95. The van der Waals surface area contributed by atoms with Crippen LogP contribution in [0.3, 0.4) is 0 Å². The van der Waals surface area contributed by atoms with Crippen LogP contribution in [-0.4, -0.2) is 19.0 Å². The van der Waals surface area contributed by atoms with Crippen molar-refractivity contribution in [2.75, 3.05) is 18.0 Å². The molecule has 16 heavy (non-hydrogen) atoms. The van der Waals surface area contributed by atoms with E-state index in [0.29, 0.717) is 0 Å². The number of anilines is 1. The lowest BCUT2D eigenvalue weighted by atomic mass is 10.2. The van der Waals surface area contributed by atoms with Gasteiger partial charge in [-0.2, -0.15) is 0 Å². The van der Waals surface area contributed by atoms with E-state index in [9.17, 15) is 4.79 Å². The van der Waals surface area contributed by atoms with Gasteiger partial charge in [0.25, 0.3) is 0 Å². The summed E-state index contributed by atoms with van der Waals surface area (Å²) in [6.45, 7) is 6.24. The van der Waals surface area contributed by atoms with Crippen LogP contribution in [0.25, 0.3) is 6.08 Å². The van der Waals surface area contributed by atoms with Crippen LogP contribution in [-0.2, 0) is 4.79 Å². The molecule has 86 valence electrons. The quantitative estimate of drug-likeness (QED) is 0.769. The molecule has 0 saturated heterocycles. The zero-order valence-electron chi connectivity index (χ0n) is 9.81. The molecule has 0 bridgehead atoms. The Labute approximate surface area is 96.6 Å². The highest BCUT2D eigenvalue weighted by Crippen LogP contribution is 2.15. The monoisotopic (exact) mass is 218 g/mol. The van der Waals surface area contributed by atoms with Crippen LogP contribution >= 0.6 is 0 Å². The van der Waals surface area contributed by atoms with Gasteiger partial charge in [0, 0.05) is 24.9 Å². The number of nitrogens with two attached hydrogens (primary N) is 1. The molecular formula is C13H18N2O. The molecule has 0 aliphatic carbocycles. The molecule has 0 radical (unpaired) electrons. The van der Waals surface area contributed by atoms with Crippen molar-refractivity contribution in [2.24, 2.45) is 5.73 Å². The highest BCUT2D eigenvalue weighted by atomic mass is 16.1. The minimum Gasteiger partial charge on any atom is -0.372 e. The number of carbonyl (C=O) groups is 1. The predicted octanol–water partition coefficient (Wildman–Crippen LogP) is 2.03. The Bertz CT molecular complexity index is 364. The summed E-state index contributed by atoms with van der Waals surface area (Å²) in [6.07, 6.45) is 3.08. The van der Waals surface area contributed by atoms with Gasteiger partial charge in [-0.1, -0.05) is 12.1 Å². The smallest absolute Gasteiger partial charge is 0.241 e. The predicted molar refractivity (Wildman–Crippen MR) is 68.2 cm³/mol. The summed E-state index contributed by atoms with van der Waals surface area (Å²) in [4.78, 5) is 12.8. The van der Waals surface area contributed by atoms with Crippen molar-refractivity contribution < 1.29 is 4.79 Å². The Balaban J connectivity index is 2.78. The van der Waals surface area contributed by atoms with Gasteiger partial charge in [0.05, 0.1) is 0 Å². The SMILES string of the molecule is CCN(CC)c1ccc(/C=C\C(N)=O)cc1. The molecule has 1 rings (SSSR count). The normalized spacial score (nSPS) is 10.6. The standard InChI is InChI=1S/C13H18N2O/c1-3-15(4-2)12-8-5-11(6-9-12)7-10-13(14)16/h5-10H,3-4H2,1-2H3,(H2,14,16)/b10-7-. The summed E-state index contributed by atoms with van der Waals surface area (Å²) >= 11 is 0. The van der Waals surface area contributed by atoms with Gasteiger partial charge >= 0.3 is 0 Å². The Morgan fingerprint density at radius 3 is 2.25 bits per heavy atom. The maximum absolute atomic E-state index is 10.6. The zero-order chi connectivity index (χ0) is 12.0. The van der Waals surface area contributed by atoms with Gasteiger partial charge in [0.15, 0.2) is 0 Å². The molecule has 2 N–H and O–H groups in total.